The molecule has 4 heteroatoms. The summed E-state index contributed by atoms with van der Waals surface area (Å²) in [5.74, 6) is 1.85. The Bertz CT molecular complexity index is 680. The minimum Gasteiger partial charge on any atom is -0.497 e. The predicted octanol–water partition coefficient (Wildman–Crippen LogP) is 2.89. The average molecular weight is 324 g/mol. The number of aryl methyl sites for hydroxylation is 2. The molecule has 1 aliphatic heterocycles. The Hall–Kier alpha value is -2.62. The molecule has 0 bridgehead atoms. The lowest BCUT2D eigenvalue weighted by Crippen LogP contribution is -2.33. The molecule has 126 valence electrons. The van der Waals surface area contributed by atoms with Crippen LogP contribution in [0.3, 0.4) is 0 Å². The zero-order valence-corrected chi connectivity index (χ0v) is 14.0. The molecule has 3 rings (SSSR count). The van der Waals surface area contributed by atoms with Crippen molar-refractivity contribution in [3.05, 3.63) is 71.6 Å². The van der Waals surface area contributed by atoms with Crippen LogP contribution in [-0.2, 0) is 12.8 Å². The van der Waals surface area contributed by atoms with Gasteiger partial charge < -0.3 is 20.1 Å². The highest BCUT2D eigenvalue weighted by Gasteiger charge is 2.07. The van der Waals surface area contributed by atoms with E-state index in [1.165, 1.54) is 11.1 Å². The van der Waals surface area contributed by atoms with Crippen molar-refractivity contribution in [3.63, 3.8) is 0 Å². The smallest absolute Gasteiger partial charge is 0.129 e. The third-order valence-corrected chi connectivity index (χ3v) is 4.10. The van der Waals surface area contributed by atoms with Crippen LogP contribution in [0.2, 0.25) is 0 Å². The Labute approximate surface area is 143 Å². The molecule has 2 aromatic rings. The Balaban J connectivity index is 1.59. The summed E-state index contributed by atoms with van der Waals surface area (Å²) in [4.78, 5) is 0. The van der Waals surface area contributed by atoms with E-state index in [1.807, 2.05) is 30.5 Å². The Morgan fingerprint density at radius 1 is 0.958 bits per heavy atom. The van der Waals surface area contributed by atoms with E-state index < -0.39 is 0 Å². The molecule has 0 saturated carbocycles. The van der Waals surface area contributed by atoms with Crippen LogP contribution >= 0.6 is 0 Å². The van der Waals surface area contributed by atoms with Crippen LogP contribution in [0.15, 0.2) is 60.4 Å². The second kappa shape index (κ2) is 8.29. The van der Waals surface area contributed by atoms with Gasteiger partial charge in [0, 0.05) is 19.3 Å². The van der Waals surface area contributed by atoms with E-state index in [4.69, 9.17) is 9.47 Å². The van der Waals surface area contributed by atoms with Crippen molar-refractivity contribution < 1.29 is 9.47 Å². The van der Waals surface area contributed by atoms with Crippen LogP contribution in [0, 0.1) is 0 Å². The quantitative estimate of drug-likeness (QED) is 0.822. The lowest BCUT2D eigenvalue weighted by atomic mass is 10.0. The van der Waals surface area contributed by atoms with Crippen molar-refractivity contribution in [2.45, 2.75) is 12.8 Å². The van der Waals surface area contributed by atoms with Crippen LogP contribution < -0.4 is 20.1 Å². The zero-order valence-electron chi connectivity index (χ0n) is 14.0. The number of nitrogens with one attached hydrogen (secondary N) is 2. The van der Waals surface area contributed by atoms with Gasteiger partial charge in [-0.15, -0.1) is 0 Å². The topological polar surface area (TPSA) is 42.5 Å². The SMILES string of the molecule is COc1ccc(CCc2ccccc2OCC2=CNCCN2)cc1. The standard InChI is InChI=1S/C20H24N2O2/c1-23-19-10-7-16(8-11-19)6-9-17-4-2-3-5-20(17)24-15-18-14-21-12-13-22-18/h2-5,7-8,10-11,14,21-22H,6,9,12-13,15H2,1H3. The average Bonchev–Trinajstić information content (AvgIpc) is 2.66. The molecule has 0 aromatic heterocycles. The fourth-order valence-corrected chi connectivity index (χ4v) is 2.71. The highest BCUT2D eigenvalue weighted by Crippen LogP contribution is 2.21. The molecule has 0 spiro atoms. The molecule has 0 unspecified atom stereocenters. The number of benzene rings is 2. The van der Waals surface area contributed by atoms with Crippen LogP contribution in [-0.4, -0.2) is 26.8 Å². The van der Waals surface area contributed by atoms with Gasteiger partial charge in [0.1, 0.15) is 18.1 Å². The molecule has 0 saturated heterocycles. The Kier molecular flexibility index (Phi) is 5.61. The first-order valence-electron chi connectivity index (χ1n) is 8.35. The van der Waals surface area contributed by atoms with Gasteiger partial charge in [0.15, 0.2) is 0 Å². The molecule has 0 radical (unpaired) electrons. The molecular weight excluding hydrogens is 300 g/mol. The number of hydrogen-bond donors (Lipinski definition) is 2. The third kappa shape index (κ3) is 4.44. The molecule has 0 amide bonds. The van der Waals surface area contributed by atoms with E-state index in [2.05, 4.69) is 34.9 Å². The van der Waals surface area contributed by atoms with Crippen molar-refractivity contribution >= 4 is 0 Å². The van der Waals surface area contributed by atoms with Gasteiger partial charge in [-0.3, -0.25) is 0 Å². The van der Waals surface area contributed by atoms with Crippen molar-refractivity contribution in [2.24, 2.45) is 0 Å². The first-order chi connectivity index (χ1) is 11.8. The molecule has 1 heterocycles. The van der Waals surface area contributed by atoms with E-state index >= 15 is 0 Å². The summed E-state index contributed by atoms with van der Waals surface area (Å²) in [6.07, 6.45) is 3.92. The summed E-state index contributed by atoms with van der Waals surface area (Å²) >= 11 is 0. The number of para-hydroxylation sites is 1. The molecule has 4 nitrogen and oxygen atoms in total. The van der Waals surface area contributed by atoms with Crippen LogP contribution in [0.25, 0.3) is 0 Å². The Morgan fingerprint density at radius 3 is 2.54 bits per heavy atom. The second-order valence-corrected chi connectivity index (χ2v) is 5.79. The molecule has 0 fully saturated rings. The van der Waals surface area contributed by atoms with Gasteiger partial charge in [-0.1, -0.05) is 30.3 Å². The van der Waals surface area contributed by atoms with Crippen molar-refractivity contribution in [1.82, 2.24) is 10.6 Å². The zero-order chi connectivity index (χ0) is 16.6. The first-order valence-corrected chi connectivity index (χ1v) is 8.35. The molecule has 2 aromatic carbocycles. The highest BCUT2D eigenvalue weighted by molar-refractivity contribution is 5.35. The number of hydrogen-bond acceptors (Lipinski definition) is 4. The minimum absolute atomic E-state index is 0.562. The van der Waals surface area contributed by atoms with Gasteiger partial charge in [-0.05, 0) is 42.2 Å². The van der Waals surface area contributed by atoms with E-state index in [0.717, 1.165) is 43.1 Å². The monoisotopic (exact) mass is 324 g/mol. The van der Waals surface area contributed by atoms with Crippen molar-refractivity contribution in [2.75, 3.05) is 26.8 Å². The largest absolute Gasteiger partial charge is 0.497 e. The molecule has 2 N–H and O–H groups in total. The maximum absolute atomic E-state index is 6.01. The summed E-state index contributed by atoms with van der Waals surface area (Å²) in [6, 6.07) is 16.5. The molecule has 24 heavy (non-hydrogen) atoms. The van der Waals surface area contributed by atoms with Crippen molar-refractivity contribution in [3.8, 4) is 11.5 Å². The van der Waals surface area contributed by atoms with Gasteiger partial charge >= 0.3 is 0 Å². The van der Waals surface area contributed by atoms with Crippen molar-refractivity contribution in [1.29, 1.82) is 0 Å². The summed E-state index contributed by atoms with van der Waals surface area (Å²) in [5.41, 5.74) is 3.62. The number of methoxy groups -OCH3 is 1. The molecule has 1 aliphatic rings. The van der Waals surface area contributed by atoms with E-state index in [9.17, 15) is 0 Å². The van der Waals surface area contributed by atoms with E-state index in [0.29, 0.717) is 6.61 Å². The van der Waals surface area contributed by atoms with Crippen LogP contribution in [0.1, 0.15) is 11.1 Å². The lowest BCUT2D eigenvalue weighted by Gasteiger charge is -2.18. The number of ether oxygens (including phenoxy) is 2. The fourth-order valence-electron chi connectivity index (χ4n) is 2.71. The van der Waals surface area contributed by atoms with Gasteiger partial charge in [0.25, 0.3) is 0 Å². The molecule has 0 atom stereocenters. The maximum Gasteiger partial charge on any atom is 0.129 e. The number of rotatable bonds is 7. The van der Waals surface area contributed by atoms with Gasteiger partial charge in [-0.2, -0.15) is 0 Å². The normalized spacial score (nSPS) is 13.5. The van der Waals surface area contributed by atoms with Gasteiger partial charge in [0.05, 0.1) is 12.8 Å². The fraction of sp³-hybridized carbons (Fsp3) is 0.300. The van der Waals surface area contributed by atoms with Gasteiger partial charge in [-0.25, -0.2) is 0 Å². The second-order valence-electron chi connectivity index (χ2n) is 5.79. The molecule has 0 aliphatic carbocycles. The van der Waals surface area contributed by atoms with Gasteiger partial charge in [0.2, 0.25) is 0 Å². The third-order valence-electron chi connectivity index (χ3n) is 4.10. The van der Waals surface area contributed by atoms with E-state index in [-0.39, 0.29) is 0 Å². The highest BCUT2D eigenvalue weighted by atomic mass is 16.5. The summed E-state index contributed by atoms with van der Waals surface area (Å²) < 4.78 is 11.2. The molecular formula is C20H24N2O2. The van der Waals surface area contributed by atoms with Crippen LogP contribution in [0.5, 0.6) is 11.5 Å². The summed E-state index contributed by atoms with van der Waals surface area (Å²) in [6.45, 7) is 2.46. The first kappa shape index (κ1) is 16.2. The summed E-state index contributed by atoms with van der Waals surface area (Å²) in [5, 5.41) is 6.57. The maximum atomic E-state index is 6.01. The lowest BCUT2D eigenvalue weighted by molar-refractivity contribution is 0.335. The predicted molar refractivity (Wildman–Crippen MR) is 96.4 cm³/mol. The Morgan fingerprint density at radius 2 is 1.79 bits per heavy atom. The minimum atomic E-state index is 0.562. The van der Waals surface area contributed by atoms with Crippen LogP contribution in [0.4, 0.5) is 0 Å². The van der Waals surface area contributed by atoms with E-state index in [1.54, 1.807) is 7.11 Å². The summed E-state index contributed by atoms with van der Waals surface area (Å²) in [7, 11) is 1.69.